The number of piperidine rings is 1. The average molecular weight is 662 g/mol. The third-order valence-electron chi connectivity index (χ3n) is 8.65. The maximum atomic E-state index is 14.8. The van der Waals surface area contributed by atoms with Crippen molar-refractivity contribution in [3.63, 3.8) is 0 Å². The van der Waals surface area contributed by atoms with Gasteiger partial charge >= 0.3 is 12.1 Å². The minimum atomic E-state index is -4.99. The first-order chi connectivity index (χ1) is 22.2. The van der Waals surface area contributed by atoms with Crippen molar-refractivity contribution >= 4 is 17.7 Å². The standard InChI is InChI=1S/C31H29F6N7O3/c1-16-4-7-44(42-16)23-12-17(18-10-20(32)26(34)21(33)11-18)2-3-19(23)27(31(35,36)37)47-25-13-24(40-29(38)41-25)43-8-5-30(6-9-43)14-22(28(45)46)39-15-30/h2-4,7,10-13,22,27,39H,5-6,8-9,14-15H2,1H3,(H,45,46)(H2,38,40,41)/t22?,27-/m1/s1. The van der Waals surface area contributed by atoms with Gasteiger partial charge in [0.2, 0.25) is 17.9 Å². The molecule has 0 amide bonds. The van der Waals surface area contributed by atoms with E-state index in [0.29, 0.717) is 44.6 Å². The lowest BCUT2D eigenvalue weighted by Crippen LogP contribution is -2.41. The van der Waals surface area contributed by atoms with Gasteiger partial charge in [-0.2, -0.15) is 28.2 Å². The highest BCUT2D eigenvalue weighted by Crippen LogP contribution is 2.43. The Morgan fingerprint density at radius 1 is 1.06 bits per heavy atom. The number of alkyl halides is 3. The highest BCUT2D eigenvalue weighted by atomic mass is 19.4. The van der Waals surface area contributed by atoms with Crippen LogP contribution in [0.25, 0.3) is 16.8 Å². The summed E-state index contributed by atoms with van der Waals surface area (Å²) < 4.78 is 92.6. The largest absolute Gasteiger partial charge is 0.480 e. The van der Waals surface area contributed by atoms with Crippen molar-refractivity contribution in [1.82, 2.24) is 25.1 Å². The number of anilines is 2. The van der Waals surface area contributed by atoms with Gasteiger partial charge < -0.3 is 25.8 Å². The van der Waals surface area contributed by atoms with E-state index in [-0.39, 0.29) is 34.0 Å². The van der Waals surface area contributed by atoms with Gasteiger partial charge in [-0.15, -0.1) is 0 Å². The number of hydrogen-bond donors (Lipinski definition) is 3. The second kappa shape index (κ2) is 12.1. The molecule has 2 saturated heterocycles. The Morgan fingerprint density at radius 2 is 1.77 bits per heavy atom. The minimum absolute atomic E-state index is 0.0965. The summed E-state index contributed by atoms with van der Waals surface area (Å²) in [4.78, 5) is 21.4. The zero-order valence-corrected chi connectivity index (χ0v) is 24.9. The molecule has 16 heteroatoms. The molecule has 2 aromatic carbocycles. The van der Waals surface area contributed by atoms with E-state index in [0.717, 1.165) is 18.2 Å². The van der Waals surface area contributed by atoms with Gasteiger partial charge in [-0.25, -0.2) is 17.9 Å². The number of ether oxygens (including phenoxy) is 1. The molecule has 1 spiro atoms. The molecule has 1 unspecified atom stereocenters. The molecule has 2 aromatic heterocycles. The summed E-state index contributed by atoms with van der Waals surface area (Å²) in [6.45, 7) is 3.10. The lowest BCUT2D eigenvalue weighted by atomic mass is 9.76. The molecule has 47 heavy (non-hydrogen) atoms. The van der Waals surface area contributed by atoms with Crippen LogP contribution in [-0.2, 0) is 4.79 Å². The first kappa shape index (κ1) is 32.1. The molecule has 6 rings (SSSR count). The van der Waals surface area contributed by atoms with Crippen LogP contribution >= 0.6 is 0 Å². The number of aromatic nitrogens is 4. The second-order valence-electron chi connectivity index (χ2n) is 11.9. The van der Waals surface area contributed by atoms with E-state index in [1.165, 1.54) is 29.1 Å². The molecule has 0 bridgehead atoms. The molecule has 0 saturated carbocycles. The number of aryl methyl sites for hydroxylation is 1. The van der Waals surface area contributed by atoms with Gasteiger partial charge in [0.25, 0.3) is 0 Å². The number of hydrogen-bond acceptors (Lipinski definition) is 8. The van der Waals surface area contributed by atoms with Crippen LogP contribution in [0, 0.1) is 29.8 Å². The van der Waals surface area contributed by atoms with E-state index in [1.807, 2.05) is 4.90 Å². The number of carboxylic acid groups (broad SMARTS) is 1. The number of rotatable bonds is 7. The summed E-state index contributed by atoms with van der Waals surface area (Å²) in [7, 11) is 0. The van der Waals surface area contributed by atoms with Crippen molar-refractivity contribution in [2.45, 2.75) is 44.5 Å². The van der Waals surface area contributed by atoms with Crippen molar-refractivity contribution in [3.8, 4) is 22.7 Å². The first-order valence-corrected chi connectivity index (χ1v) is 14.6. The Kier molecular flexibility index (Phi) is 8.23. The van der Waals surface area contributed by atoms with Crippen molar-refractivity contribution in [1.29, 1.82) is 0 Å². The number of benzene rings is 2. The van der Waals surface area contributed by atoms with E-state index in [4.69, 9.17) is 10.5 Å². The molecule has 2 aliphatic rings. The molecule has 4 aromatic rings. The Hall–Kier alpha value is -4.86. The number of halogens is 6. The summed E-state index contributed by atoms with van der Waals surface area (Å²) in [6, 6.07) is 7.21. The molecule has 0 radical (unpaired) electrons. The van der Waals surface area contributed by atoms with Gasteiger partial charge in [-0.3, -0.25) is 4.79 Å². The Morgan fingerprint density at radius 3 is 2.36 bits per heavy atom. The predicted octanol–water partition coefficient (Wildman–Crippen LogP) is 5.35. The summed E-state index contributed by atoms with van der Waals surface area (Å²) in [5.41, 5.74) is 5.66. The Labute approximate surface area is 264 Å². The maximum Gasteiger partial charge on any atom is 0.429 e. The number of nitrogens with one attached hydrogen (secondary N) is 1. The van der Waals surface area contributed by atoms with Crippen molar-refractivity contribution in [2.24, 2.45) is 5.41 Å². The van der Waals surface area contributed by atoms with Gasteiger partial charge in [-0.05, 0) is 67.0 Å². The number of carboxylic acids is 1. The van der Waals surface area contributed by atoms with Gasteiger partial charge in [0.15, 0.2) is 17.5 Å². The highest BCUT2D eigenvalue weighted by Gasteiger charge is 2.46. The number of carbonyl (C=O) groups is 1. The molecule has 2 fully saturated rings. The fourth-order valence-corrected chi connectivity index (χ4v) is 6.18. The van der Waals surface area contributed by atoms with Crippen LogP contribution in [0.15, 0.2) is 48.7 Å². The number of nitrogen functional groups attached to an aromatic ring is 1. The van der Waals surface area contributed by atoms with Crippen LogP contribution < -0.4 is 20.7 Å². The van der Waals surface area contributed by atoms with Gasteiger partial charge in [0, 0.05) is 37.5 Å². The lowest BCUT2D eigenvalue weighted by Gasteiger charge is -2.39. The van der Waals surface area contributed by atoms with Crippen LogP contribution in [0.1, 0.15) is 36.6 Å². The summed E-state index contributed by atoms with van der Waals surface area (Å²) in [5, 5.41) is 16.6. The quantitative estimate of drug-likeness (QED) is 0.177. The van der Waals surface area contributed by atoms with E-state index < -0.39 is 53.2 Å². The van der Waals surface area contributed by atoms with E-state index in [9.17, 15) is 36.2 Å². The second-order valence-corrected chi connectivity index (χ2v) is 11.9. The monoisotopic (exact) mass is 661 g/mol. The number of nitrogens with two attached hydrogens (primary N) is 1. The van der Waals surface area contributed by atoms with E-state index >= 15 is 0 Å². The van der Waals surface area contributed by atoms with Crippen LogP contribution in [0.4, 0.5) is 38.1 Å². The third kappa shape index (κ3) is 6.54. The lowest BCUT2D eigenvalue weighted by molar-refractivity contribution is -0.198. The van der Waals surface area contributed by atoms with Crippen molar-refractivity contribution in [3.05, 3.63) is 77.4 Å². The normalized spacial score (nSPS) is 18.4. The SMILES string of the molecule is Cc1ccn(-c2cc(-c3cc(F)c(F)c(F)c3)ccc2[C@@H](Oc2cc(N3CCC4(CC3)CNC(C(=O)O)C4)nc(N)n2)C(F)(F)F)n1. The fraction of sp³-hybridized carbons (Fsp3) is 0.355. The Bertz CT molecular complexity index is 1800. The average Bonchev–Trinajstić information content (AvgIpc) is 3.64. The smallest absolute Gasteiger partial charge is 0.429 e. The molecule has 248 valence electrons. The number of aliphatic carboxylic acids is 1. The molecule has 10 nitrogen and oxygen atoms in total. The van der Waals surface area contributed by atoms with E-state index in [1.54, 1.807) is 13.0 Å². The predicted molar refractivity (Wildman–Crippen MR) is 157 cm³/mol. The third-order valence-corrected chi connectivity index (χ3v) is 8.65. The topological polar surface area (TPSA) is 131 Å². The van der Waals surface area contributed by atoms with Crippen LogP contribution in [0.2, 0.25) is 0 Å². The molecular weight excluding hydrogens is 632 g/mol. The fourth-order valence-electron chi connectivity index (χ4n) is 6.18. The first-order valence-electron chi connectivity index (χ1n) is 14.6. The van der Waals surface area contributed by atoms with Gasteiger partial charge in [-0.1, -0.05) is 12.1 Å². The summed E-state index contributed by atoms with van der Waals surface area (Å²) in [6.07, 6.45) is -4.42. The van der Waals surface area contributed by atoms with Gasteiger partial charge in [0.1, 0.15) is 11.9 Å². The maximum absolute atomic E-state index is 14.8. The highest BCUT2D eigenvalue weighted by molar-refractivity contribution is 5.74. The van der Waals surface area contributed by atoms with Crippen LogP contribution in [-0.4, -0.2) is 62.7 Å². The number of nitrogens with zero attached hydrogens (tertiary/aromatic N) is 5. The van der Waals surface area contributed by atoms with Gasteiger partial charge in [0.05, 0.1) is 11.4 Å². The molecule has 2 atom stereocenters. The van der Waals surface area contributed by atoms with Crippen LogP contribution in [0.3, 0.4) is 0 Å². The van der Waals surface area contributed by atoms with E-state index in [2.05, 4.69) is 20.4 Å². The van der Waals surface area contributed by atoms with Crippen molar-refractivity contribution < 1.29 is 41.0 Å². The molecule has 4 N–H and O–H groups in total. The Balaban J connectivity index is 1.32. The van der Waals surface area contributed by atoms with Crippen molar-refractivity contribution in [2.75, 3.05) is 30.3 Å². The summed E-state index contributed by atoms with van der Waals surface area (Å²) in [5.74, 6) is -6.00. The van der Waals surface area contributed by atoms with Crippen LogP contribution in [0.5, 0.6) is 5.88 Å². The molecule has 4 heterocycles. The zero-order valence-electron chi connectivity index (χ0n) is 24.9. The molecule has 0 aliphatic carbocycles. The minimum Gasteiger partial charge on any atom is -0.480 e. The summed E-state index contributed by atoms with van der Waals surface area (Å²) >= 11 is 0. The molecular formula is C31H29F6N7O3. The molecule has 2 aliphatic heterocycles. The zero-order chi connectivity index (χ0) is 33.7.